The van der Waals surface area contributed by atoms with Crippen LogP contribution in [-0.4, -0.2) is 32.8 Å². The number of ether oxygens (including phenoxy) is 1. The van der Waals surface area contributed by atoms with E-state index in [2.05, 4.69) is 4.72 Å². The molecule has 1 saturated heterocycles. The highest BCUT2D eigenvalue weighted by Crippen LogP contribution is 2.19. The highest BCUT2D eigenvalue weighted by Gasteiger charge is 2.26. The van der Waals surface area contributed by atoms with Gasteiger partial charge in [-0.3, -0.25) is 0 Å². The van der Waals surface area contributed by atoms with Gasteiger partial charge in [-0.25, -0.2) is 13.1 Å². The van der Waals surface area contributed by atoms with E-state index in [9.17, 15) is 8.42 Å². The van der Waals surface area contributed by atoms with Gasteiger partial charge in [0.05, 0.1) is 18.1 Å². The SMILES string of the molecule is CC(NS(=O)(=O)c1ccc(CO)cc1)C1CCOC1. The molecule has 1 aliphatic rings. The summed E-state index contributed by atoms with van der Waals surface area (Å²) in [4.78, 5) is 0.218. The highest BCUT2D eigenvalue weighted by atomic mass is 32.2. The maximum absolute atomic E-state index is 12.2. The first-order chi connectivity index (χ1) is 9.03. The summed E-state index contributed by atoms with van der Waals surface area (Å²) in [7, 11) is -3.51. The van der Waals surface area contributed by atoms with Crippen molar-refractivity contribution < 1.29 is 18.3 Å². The number of benzene rings is 1. The minimum absolute atomic E-state index is 0.0937. The molecule has 6 heteroatoms. The number of aliphatic hydroxyl groups excluding tert-OH is 1. The lowest BCUT2D eigenvalue weighted by Crippen LogP contribution is -2.38. The fourth-order valence-electron chi connectivity index (χ4n) is 2.13. The molecular weight excluding hydrogens is 266 g/mol. The lowest BCUT2D eigenvalue weighted by atomic mass is 10.0. The number of hydrogen-bond donors (Lipinski definition) is 2. The van der Waals surface area contributed by atoms with Gasteiger partial charge in [0.2, 0.25) is 10.0 Å². The Morgan fingerprint density at radius 2 is 2.11 bits per heavy atom. The molecule has 2 rings (SSSR count). The Morgan fingerprint density at radius 1 is 1.42 bits per heavy atom. The Balaban J connectivity index is 2.08. The molecule has 0 aliphatic carbocycles. The van der Waals surface area contributed by atoms with E-state index in [4.69, 9.17) is 9.84 Å². The summed E-state index contributed by atoms with van der Waals surface area (Å²) in [5.74, 6) is 0.228. The maximum atomic E-state index is 12.2. The third-order valence-electron chi connectivity index (χ3n) is 3.43. The van der Waals surface area contributed by atoms with Crippen molar-refractivity contribution in [2.45, 2.75) is 30.9 Å². The van der Waals surface area contributed by atoms with Gasteiger partial charge in [0, 0.05) is 18.6 Å². The number of hydrogen-bond acceptors (Lipinski definition) is 4. The molecule has 2 N–H and O–H groups in total. The first kappa shape index (κ1) is 14.5. The summed E-state index contributed by atoms with van der Waals surface area (Å²) < 4.78 is 32.3. The summed E-state index contributed by atoms with van der Waals surface area (Å²) in [6.07, 6.45) is 0.882. The first-order valence-electron chi connectivity index (χ1n) is 6.33. The lowest BCUT2D eigenvalue weighted by molar-refractivity contribution is 0.180. The smallest absolute Gasteiger partial charge is 0.240 e. The summed E-state index contributed by atoms with van der Waals surface area (Å²) in [5, 5.41) is 8.94. The second-order valence-electron chi connectivity index (χ2n) is 4.84. The molecule has 0 saturated carbocycles. The molecule has 1 fully saturated rings. The van der Waals surface area contributed by atoms with Crippen molar-refractivity contribution in [1.82, 2.24) is 4.72 Å². The van der Waals surface area contributed by atoms with Gasteiger partial charge in [-0.2, -0.15) is 0 Å². The monoisotopic (exact) mass is 285 g/mol. The summed E-state index contributed by atoms with van der Waals surface area (Å²) in [6.45, 7) is 3.07. The van der Waals surface area contributed by atoms with Crippen LogP contribution < -0.4 is 4.72 Å². The van der Waals surface area contributed by atoms with Crippen LogP contribution in [0.1, 0.15) is 18.9 Å². The average molecular weight is 285 g/mol. The van der Waals surface area contributed by atoms with E-state index in [1.54, 1.807) is 12.1 Å². The van der Waals surface area contributed by atoms with Crippen LogP contribution in [0.5, 0.6) is 0 Å². The van der Waals surface area contributed by atoms with Crippen LogP contribution >= 0.6 is 0 Å². The largest absolute Gasteiger partial charge is 0.392 e. The fourth-order valence-corrected chi connectivity index (χ4v) is 3.44. The molecule has 106 valence electrons. The molecule has 0 amide bonds. The molecular formula is C13H19NO4S. The Morgan fingerprint density at radius 3 is 2.63 bits per heavy atom. The molecule has 0 aromatic heterocycles. The topological polar surface area (TPSA) is 75.6 Å². The highest BCUT2D eigenvalue weighted by molar-refractivity contribution is 7.89. The summed E-state index contributed by atoms with van der Waals surface area (Å²) in [5.41, 5.74) is 0.691. The minimum Gasteiger partial charge on any atom is -0.392 e. The molecule has 1 aromatic rings. The van der Waals surface area contributed by atoms with Gasteiger partial charge in [0.1, 0.15) is 0 Å². The van der Waals surface area contributed by atoms with Crippen molar-refractivity contribution >= 4 is 10.0 Å². The van der Waals surface area contributed by atoms with Crippen molar-refractivity contribution in [3.8, 4) is 0 Å². The normalized spacial score (nSPS) is 21.5. The molecule has 19 heavy (non-hydrogen) atoms. The predicted molar refractivity (Wildman–Crippen MR) is 71.1 cm³/mol. The van der Waals surface area contributed by atoms with Gasteiger partial charge in [0.25, 0.3) is 0 Å². The Labute approximate surface area is 113 Å². The van der Waals surface area contributed by atoms with Crippen LogP contribution in [0.4, 0.5) is 0 Å². The second kappa shape index (κ2) is 6.00. The standard InChI is InChI=1S/C13H19NO4S/c1-10(12-6-7-18-9-12)14-19(16,17)13-4-2-11(8-15)3-5-13/h2-5,10,12,14-15H,6-9H2,1H3. The van der Waals surface area contributed by atoms with E-state index >= 15 is 0 Å². The maximum Gasteiger partial charge on any atom is 0.240 e. The first-order valence-corrected chi connectivity index (χ1v) is 7.81. The van der Waals surface area contributed by atoms with Gasteiger partial charge in [-0.1, -0.05) is 12.1 Å². The van der Waals surface area contributed by atoms with Gasteiger partial charge in [-0.15, -0.1) is 0 Å². The minimum atomic E-state index is -3.51. The van der Waals surface area contributed by atoms with Crippen LogP contribution in [0.3, 0.4) is 0 Å². The van der Waals surface area contributed by atoms with E-state index in [-0.39, 0.29) is 23.5 Å². The van der Waals surface area contributed by atoms with Crippen molar-refractivity contribution in [3.05, 3.63) is 29.8 Å². The van der Waals surface area contributed by atoms with Gasteiger partial charge < -0.3 is 9.84 Å². The molecule has 2 atom stereocenters. The van der Waals surface area contributed by atoms with Crippen molar-refractivity contribution in [1.29, 1.82) is 0 Å². The lowest BCUT2D eigenvalue weighted by Gasteiger charge is -2.19. The zero-order valence-electron chi connectivity index (χ0n) is 10.9. The zero-order chi connectivity index (χ0) is 13.9. The van der Waals surface area contributed by atoms with E-state index < -0.39 is 10.0 Å². The van der Waals surface area contributed by atoms with Gasteiger partial charge in [0.15, 0.2) is 0 Å². The summed E-state index contributed by atoms with van der Waals surface area (Å²) in [6, 6.07) is 6.08. The van der Waals surface area contributed by atoms with Crippen LogP contribution in [0.15, 0.2) is 29.2 Å². The quantitative estimate of drug-likeness (QED) is 0.842. The molecule has 0 radical (unpaired) electrons. The van der Waals surface area contributed by atoms with Crippen molar-refractivity contribution in [2.24, 2.45) is 5.92 Å². The van der Waals surface area contributed by atoms with E-state index in [1.165, 1.54) is 12.1 Å². The van der Waals surface area contributed by atoms with Crippen LogP contribution in [-0.2, 0) is 21.4 Å². The number of nitrogens with one attached hydrogen (secondary N) is 1. The van der Waals surface area contributed by atoms with Crippen LogP contribution in [0.25, 0.3) is 0 Å². The van der Waals surface area contributed by atoms with E-state index in [1.807, 2.05) is 6.92 Å². The van der Waals surface area contributed by atoms with Gasteiger partial charge >= 0.3 is 0 Å². The third kappa shape index (κ3) is 3.54. The molecule has 5 nitrogen and oxygen atoms in total. The van der Waals surface area contributed by atoms with Crippen molar-refractivity contribution in [2.75, 3.05) is 13.2 Å². The average Bonchev–Trinajstić information content (AvgIpc) is 2.92. The fraction of sp³-hybridized carbons (Fsp3) is 0.538. The zero-order valence-corrected chi connectivity index (χ0v) is 11.7. The third-order valence-corrected chi connectivity index (χ3v) is 5.00. The number of sulfonamides is 1. The second-order valence-corrected chi connectivity index (χ2v) is 6.55. The molecule has 1 heterocycles. The molecule has 1 aromatic carbocycles. The van der Waals surface area contributed by atoms with Crippen molar-refractivity contribution in [3.63, 3.8) is 0 Å². The van der Waals surface area contributed by atoms with Crippen LogP contribution in [0, 0.1) is 5.92 Å². The molecule has 2 unspecified atom stereocenters. The van der Waals surface area contributed by atoms with E-state index in [0.29, 0.717) is 18.8 Å². The molecule has 1 aliphatic heterocycles. The van der Waals surface area contributed by atoms with E-state index in [0.717, 1.165) is 6.42 Å². The molecule has 0 spiro atoms. The van der Waals surface area contributed by atoms with Crippen LogP contribution in [0.2, 0.25) is 0 Å². The predicted octanol–water partition coefficient (Wildman–Crippen LogP) is 0.882. The Kier molecular flexibility index (Phi) is 4.57. The van der Waals surface area contributed by atoms with Gasteiger partial charge in [-0.05, 0) is 31.0 Å². The number of rotatable bonds is 5. The molecule has 0 bridgehead atoms. The number of aliphatic hydroxyl groups is 1. The summed E-state index contributed by atoms with van der Waals surface area (Å²) >= 11 is 0. The Bertz CT molecular complexity index is 506. The Hall–Kier alpha value is -0.950.